The fraction of sp³-hybridized carbons (Fsp3) is 0.250. The van der Waals surface area contributed by atoms with Crippen molar-refractivity contribution in [3.05, 3.63) is 52.2 Å². The molecule has 0 aliphatic carbocycles. The summed E-state index contributed by atoms with van der Waals surface area (Å²) in [5, 5.41) is 10.7. The van der Waals surface area contributed by atoms with Crippen molar-refractivity contribution in [3.8, 4) is 0 Å². The molecule has 1 atom stereocenters. The number of nitrogens with zero attached hydrogens (tertiary/aromatic N) is 1. The highest BCUT2D eigenvalue weighted by molar-refractivity contribution is 7.89. The lowest BCUT2D eigenvalue weighted by atomic mass is 10.1. The first-order valence-electron chi connectivity index (χ1n) is 7.36. The molecule has 1 unspecified atom stereocenters. The van der Waals surface area contributed by atoms with E-state index in [4.69, 9.17) is 0 Å². The topological polar surface area (TPSA) is 104 Å². The lowest BCUT2D eigenvalue weighted by Gasteiger charge is -2.26. The Morgan fingerprint density at radius 2 is 1.92 bits per heavy atom. The molecule has 2 N–H and O–H groups in total. The van der Waals surface area contributed by atoms with Gasteiger partial charge >= 0.3 is 5.97 Å². The summed E-state index contributed by atoms with van der Waals surface area (Å²) in [6, 6.07) is 9.20. The van der Waals surface area contributed by atoms with Gasteiger partial charge in [-0.2, -0.15) is 0 Å². The summed E-state index contributed by atoms with van der Waals surface area (Å²) in [6.45, 7) is 1.53. The molecule has 0 radical (unpaired) electrons. The number of carbonyl (C=O) groups excluding carboxylic acids is 1. The third-order valence-corrected chi connectivity index (χ3v) is 6.11. The van der Waals surface area contributed by atoms with Crippen LogP contribution in [0.5, 0.6) is 0 Å². The van der Waals surface area contributed by atoms with Gasteiger partial charge in [0.25, 0.3) is 5.91 Å². The molecule has 2 aromatic rings. The van der Waals surface area contributed by atoms with Crippen LogP contribution in [0.2, 0.25) is 0 Å². The van der Waals surface area contributed by atoms with Gasteiger partial charge in [-0.15, -0.1) is 11.3 Å². The van der Waals surface area contributed by atoms with Crippen LogP contribution in [-0.4, -0.2) is 43.4 Å². The highest BCUT2D eigenvalue weighted by Crippen LogP contribution is 2.22. The van der Waals surface area contributed by atoms with E-state index >= 15 is 0 Å². The molecule has 1 aromatic heterocycles. The van der Waals surface area contributed by atoms with E-state index in [1.165, 1.54) is 30.3 Å². The maximum Gasteiger partial charge on any atom is 0.326 e. The predicted molar refractivity (Wildman–Crippen MR) is 94.0 cm³/mol. The molecule has 1 heterocycles. The molecule has 0 saturated heterocycles. The molecule has 9 heteroatoms. The maximum atomic E-state index is 12.8. The van der Waals surface area contributed by atoms with E-state index in [2.05, 4.69) is 4.72 Å². The van der Waals surface area contributed by atoms with Gasteiger partial charge in [0.05, 0.1) is 9.77 Å². The van der Waals surface area contributed by atoms with Crippen molar-refractivity contribution in [2.24, 2.45) is 0 Å². The number of thiophene rings is 1. The van der Waals surface area contributed by atoms with E-state index in [0.717, 1.165) is 16.9 Å². The van der Waals surface area contributed by atoms with Gasteiger partial charge in [-0.05, 0) is 25.6 Å². The van der Waals surface area contributed by atoms with E-state index < -0.39 is 27.9 Å². The second kappa shape index (κ2) is 7.77. The lowest BCUT2D eigenvalue weighted by Crippen LogP contribution is -2.42. The van der Waals surface area contributed by atoms with E-state index in [9.17, 15) is 23.1 Å². The average molecular weight is 382 g/mol. The fourth-order valence-corrected chi connectivity index (χ4v) is 4.09. The molecular weight excluding hydrogens is 364 g/mol. The van der Waals surface area contributed by atoms with Crippen molar-refractivity contribution < 1.29 is 23.1 Å². The summed E-state index contributed by atoms with van der Waals surface area (Å²) in [4.78, 5) is 25.5. The van der Waals surface area contributed by atoms with Crippen LogP contribution < -0.4 is 4.72 Å². The summed E-state index contributed by atoms with van der Waals surface area (Å²) >= 11 is 0.965. The largest absolute Gasteiger partial charge is 0.480 e. The number of hydrogen-bond acceptors (Lipinski definition) is 5. The fourth-order valence-electron chi connectivity index (χ4n) is 2.13. The Morgan fingerprint density at radius 3 is 2.48 bits per heavy atom. The number of hydrogen-bond donors (Lipinski definition) is 2. The molecule has 1 aromatic carbocycles. The Bertz CT molecular complexity index is 862. The van der Waals surface area contributed by atoms with Crippen LogP contribution in [0.15, 0.2) is 46.7 Å². The molecule has 0 aliphatic rings. The summed E-state index contributed by atoms with van der Waals surface area (Å²) in [5.74, 6) is -1.66. The molecule has 0 fully saturated rings. The molecular formula is C16H18N2O5S2. The minimum absolute atomic E-state index is 0.0222. The molecule has 0 saturated carbocycles. The normalized spacial score (nSPS) is 12.6. The van der Waals surface area contributed by atoms with Gasteiger partial charge in [0.1, 0.15) is 6.04 Å². The van der Waals surface area contributed by atoms with Crippen molar-refractivity contribution in [1.29, 1.82) is 0 Å². The van der Waals surface area contributed by atoms with Gasteiger partial charge < -0.3 is 10.0 Å². The van der Waals surface area contributed by atoms with Gasteiger partial charge in [0.2, 0.25) is 10.0 Å². The summed E-state index contributed by atoms with van der Waals surface area (Å²) in [5.41, 5.74) is 0.781. The smallest absolute Gasteiger partial charge is 0.326 e. The van der Waals surface area contributed by atoms with Crippen molar-refractivity contribution in [3.63, 3.8) is 0 Å². The van der Waals surface area contributed by atoms with E-state index in [0.29, 0.717) is 0 Å². The number of carboxylic acid groups (broad SMARTS) is 1. The predicted octanol–water partition coefficient (Wildman–Crippen LogP) is 1.77. The van der Waals surface area contributed by atoms with Crippen LogP contribution in [0.3, 0.4) is 0 Å². The Labute approximate surface area is 150 Å². The quantitative estimate of drug-likeness (QED) is 0.760. The molecule has 2 rings (SSSR count). The number of carbonyl (C=O) groups is 2. The highest BCUT2D eigenvalue weighted by atomic mass is 32.2. The van der Waals surface area contributed by atoms with Crippen LogP contribution in [0, 0.1) is 0 Å². The molecule has 7 nitrogen and oxygen atoms in total. The minimum Gasteiger partial charge on any atom is -0.480 e. The summed E-state index contributed by atoms with van der Waals surface area (Å²) in [7, 11) is -2.38. The molecule has 0 bridgehead atoms. The molecule has 0 aliphatic heterocycles. The van der Waals surface area contributed by atoms with Crippen LogP contribution in [-0.2, 0) is 21.4 Å². The number of rotatable bonds is 7. The SMILES string of the molecule is CNS(=O)(=O)c1csc(C(=O)N(Cc2ccccc2)C(C)C(=O)O)c1. The number of aliphatic carboxylic acids is 1. The molecule has 0 spiro atoms. The number of carboxylic acids is 1. The standard InChI is InChI=1S/C16H18N2O5S2/c1-11(16(20)21)18(9-12-6-4-3-5-7-12)15(19)14-8-13(10-24-14)25(22,23)17-2/h3-8,10-11,17H,9H2,1-2H3,(H,20,21). The first-order chi connectivity index (χ1) is 11.8. The van der Waals surface area contributed by atoms with Gasteiger partial charge in [0.15, 0.2) is 0 Å². The number of benzene rings is 1. The Morgan fingerprint density at radius 1 is 1.28 bits per heavy atom. The van der Waals surface area contributed by atoms with Crippen LogP contribution in [0.4, 0.5) is 0 Å². The van der Waals surface area contributed by atoms with Gasteiger partial charge in [0, 0.05) is 11.9 Å². The van der Waals surface area contributed by atoms with Crippen molar-refractivity contribution >= 4 is 33.2 Å². The van der Waals surface area contributed by atoms with Gasteiger partial charge in [-0.25, -0.2) is 17.9 Å². The lowest BCUT2D eigenvalue weighted by molar-refractivity contribution is -0.141. The maximum absolute atomic E-state index is 12.8. The Balaban J connectivity index is 2.34. The van der Waals surface area contributed by atoms with Crippen LogP contribution in [0.1, 0.15) is 22.2 Å². The second-order valence-electron chi connectivity index (χ2n) is 5.29. The number of sulfonamides is 1. The third-order valence-electron chi connectivity index (χ3n) is 3.65. The van der Waals surface area contributed by atoms with Crippen LogP contribution in [0.25, 0.3) is 0 Å². The zero-order chi connectivity index (χ0) is 18.6. The molecule has 25 heavy (non-hydrogen) atoms. The van der Waals surface area contributed by atoms with Gasteiger partial charge in [-0.3, -0.25) is 4.79 Å². The number of amides is 1. The van der Waals surface area contributed by atoms with E-state index in [1.54, 1.807) is 24.3 Å². The first kappa shape index (κ1) is 19.1. The third kappa shape index (κ3) is 4.44. The van der Waals surface area contributed by atoms with E-state index in [1.807, 2.05) is 6.07 Å². The Hall–Kier alpha value is -2.23. The minimum atomic E-state index is -3.66. The Kier molecular flexibility index (Phi) is 5.93. The molecule has 134 valence electrons. The van der Waals surface area contributed by atoms with Crippen molar-refractivity contribution in [2.45, 2.75) is 24.4 Å². The summed E-state index contributed by atoms with van der Waals surface area (Å²) < 4.78 is 25.8. The number of nitrogens with one attached hydrogen (secondary N) is 1. The second-order valence-corrected chi connectivity index (χ2v) is 8.08. The zero-order valence-corrected chi connectivity index (χ0v) is 15.3. The zero-order valence-electron chi connectivity index (χ0n) is 13.7. The average Bonchev–Trinajstić information content (AvgIpc) is 3.10. The van der Waals surface area contributed by atoms with Crippen molar-refractivity contribution in [2.75, 3.05) is 7.05 Å². The molecule has 1 amide bonds. The van der Waals surface area contributed by atoms with E-state index in [-0.39, 0.29) is 16.3 Å². The summed E-state index contributed by atoms with van der Waals surface area (Å²) in [6.07, 6.45) is 0. The highest BCUT2D eigenvalue weighted by Gasteiger charge is 2.28. The van der Waals surface area contributed by atoms with Crippen LogP contribution >= 0.6 is 11.3 Å². The van der Waals surface area contributed by atoms with Crippen molar-refractivity contribution in [1.82, 2.24) is 9.62 Å². The first-order valence-corrected chi connectivity index (χ1v) is 9.72. The monoisotopic (exact) mass is 382 g/mol. The van der Waals surface area contributed by atoms with Gasteiger partial charge in [-0.1, -0.05) is 30.3 Å².